The summed E-state index contributed by atoms with van der Waals surface area (Å²) in [4.78, 5) is 24.9. The van der Waals surface area contributed by atoms with Gasteiger partial charge in [-0.2, -0.15) is 0 Å². The van der Waals surface area contributed by atoms with Crippen LogP contribution in [0.25, 0.3) is 0 Å². The molecule has 0 radical (unpaired) electrons. The lowest BCUT2D eigenvalue weighted by Gasteiger charge is -2.72. The molecule has 0 bridgehead atoms. The number of aliphatic hydroxyl groups is 7. The molecule has 7 rings (SSSR count). The summed E-state index contributed by atoms with van der Waals surface area (Å²) in [6.45, 7) is 18.5. The molecular formula is C44H70O15. The Kier molecular flexibility index (Phi) is 11.7. The van der Waals surface area contributed by atoms with Crippen molar-refractivity contribution in [1.82, 2.24) is 0 Å². The first-order chi connectivity index (χ1) is 27.3. The number of carboxylic acids is 1. The van der Waals surface area contributed by atoms with Crippen LogP contribution >= 0.6 is 0 Å². The lowest BCUT2D eigenvalue weighted by molar-refractivity contribution is -0.325. The van der Waals surface area contributed by atoms with Gasteiger partial charge in [0.15, 0.2) is 18.7 Å². The molecule has 6 fully saturated rings. The maximum Gasteiger partial charge on any atom is 0.335 e. The van der Waals surface area contributed by atoms with Gasteiger partial charge in [0.05, 0.1) is 30.3 Å². The third-order valence-electron chi connectivity index (χ3n) is 17.5. The van der Waals surface area contributed by atoms with Crippen molar-refractivity contribution in [2.24, 2.45) is 50.2 Å². The van der Waals surface area contributed by atoms with Crippen LogP contribution in [0.5, 0.6) is 0 Å². The molecule has 59 heavy (non-hydrogen) atoms. The summed E-state index contributed by atoms with van der Waals surface area (Å²) in [6.07, 6.45) is -9.25. The zero-order chi connectivity index (χ0) is 43.6. The van der Waals surface area contributed by atoms with E-state index in [1.54, 1.807) is 6.92 Å². The van der Waals surface area contributed by atoms with E-state index in [0.29, 0.717) is 25.7 Å². The standard InChI is InChI=1S/C44H70O15/c1-20-29(47)30(48)33(51)37(56-20)55-19-44-23(16-39(3,4)17-26(44)46)22-10-11-25-41(7)14-13-27(58-38-34(52)31(49)32(50)35(59-38)36(53)54)40(5,6)24(41)12-15-42(25,8)43(22,9)18-28(44)57-21(2)45/h10,20,23-35,37-38,46-52H,11-19H2,1-9H3,(H,53,54). The Morgan fingerprint density at radius 3 is 2.05 bits per heavy atom. The molecule has 0 amide bonds. The van der Waals surface area contributed by atoms with Crippen LogP contribution in [0.4, 0.5) is 0 Å². The summed E-state index contributed by atoms with van der Waals surface area (Å²) >= 11 is 0. The van der Waals surface area contributed by atoms with Crippen molar-refractivity contribution in [3.05, 3.63) is 11.6 Å². The number of ether oxygens (including phenoxy) is 5. The number of allylic oxidation sites excluding steroid dienone is 2. The van der Waals surface area contributed by atoms with Crippen LogP contribution in [0.3, 0.4) is 0 Å². The molecule has 2 heterocycles. The first kappa shape index (κ1) is 45.3. The fourth-order valence-corrected chi connectivity index (χ4v) is 14.2. The highest BCUT2D eigenvalue weighted by Crippen LogP contribution is 2.76. The van der Waals surface area contributed by atoms with Crippen molar-refractivity contribution < 1.29 is 74.1 Å². The number of rotatable bonds is 7. The molecule has 0 aromatic carbocycles. The van der Waals surface area contributed by atoms with E-state index in [4.69, 9.17) is 23.7 Å². The van der Waals surface area contributed by atoms with Crippen LogP contribution < -0.4 is 0 Å². The molecule has 7 aliphatic rings. The van der Waals surface area contributed by atoms with Crippen LogP contribution in [-0.4, -0.2) is 139 Å². The van der Waals surface area contributed by atoms with Gasteiger partial charge < -0.3 is 64.5 Å². The topological polar surface area (TPSA) is 242 Å². The van der Waals surface area contributed by atoms with E-state index >= 15 is 0 Å². The average Bonchev–Trinajstić information content (AvgIpc) is 3.13. The van der Waals surface area contributed by atoms with Crippen LogP contribution in [0, 0.1) is 50.2 Å². The molecule has 0 spiro atoms. The quantitative estimate of drug-likeness (QED) is 0.104. The largest absolute Gasteiger partial charge is 0.479 e. The van der Waals surface area contributed by atoms with Gasteiger partial charge in [0.25, 0.3) is 0 Å². The maximum absolute atomic E-state index is 13.1. The number of fused-ring (bicyclic) bond motifs is 7. The molecule has 5 aliphatic carbocycles. The minimum Gasteiger partial charge on any atom is -0.479 e. The van der Waals surface area contributed by atoms with E-state index in [-0.39, 0.29) is 40.6 Å². The molecule has 8 N–H and O–H groups in total. The van der Waals surface area contributed by atoms with E-state index < -0.39 is 108 Å². The number of hydrogen-bond donors (Lipinski definition) is 8. The summed E-state index contributed by atoms with van der Waals surface area (Å²) in [5, 5.41) is 85.5. The highest BCUT2D eigenvalue weighted by atomic mass is 16.7. The van der Waals surface area contributed by atoms with Gasteiger partial charge >= 0.3 is 11.9 Å². The lowest BCUT2D eigenvalue weighted by atomic mass is 9.33. The van der Waals surface area contributed by atoms with Gasteiger partial charge in [-0.1, -0.05) is 60.1 Å². The first-order valence-electron chi connectivity index (χ1n) is 21.7. The zero-order valence-electron chi connectivity index (χ0n) is 36.1. The minimum absolute atomic E-state index is 0.115. The molecule has 0 aromatic rings. The molecule has 15 nitrogen and oxygen atoms in total. The predicted octanol–water partition coefficient (Wildman–Crippen LogP) is 2.42. The fraction of sp³-hybridized carbons (Fsp3) is 0.909. The van der Waals surface area contributed by atoms with Crippen molar-refractivity contribution in [1.29, 1.82) is 0 Å². The summed E-state index contributed by atoms with van der Waals surface area (Å²) in [5.41, 5.74) is -1.56. The lowest BCUT2D eigenvalue weighted by Crippen LogP contribution is -2.70. The normalized spacial score (nSPS) is 52.8. The van der Waals surface area contributed by atoms with Gasteiger partial charge in [0, 0.05) is 6.92 Å². The van der Waals surface area contributed by atoms with Crippen molar-refractivity contribution in [3.8, 4) is 0 Å². The Hall–Kier alpha value is -1.76. The molecule has 4 saturated carbocycles. The van der Waals surface area contributed by atoms with Crippen molar-refractivity contribution in [2.75, 3.05) is 6.61 Å². The number of esters is 1. The summed E-state index contributed by atoms with van der Waals surface area (Å²) < 4.78 is 30.5. The van der Waals surface area contributed by atoms with E-state index in [1.165, 1.54) is 12.5 Å². The molecule has 336 valence electrons. The summed E-state index contributed by atoms with van der Waals surface area (Å²) in [6, 6.07) is 0. The number of carbonyl (C=O) groups excluding carboxylic acids is 1. The second kappa shape index (κ2) is 15.2. The van der Waals surface area contributed by atoms with Crippen LogP contribution in [0.15, 0.2) is 11.6 Å². The van der Waals surface area contributed by atoms with E-state index in [1.807, 2.05) is 0 Å². The number of carbonyl (C=O) groups is 2. The van der Waals surface area contributed by atoms with Crippen LogP contribution in [0.1, 0.15) is 114 Å². The molecule has 2 saturated heterocycles. The average molecular weight is 839 g/mol. The highest BCUT2D eigenvalue weighted by Gasteiger charge is 2.72. The Balaban J connectivity index is 1.22. The zero-order valence-corrected chi connectivity index (χ0v) is 36.1. The third-order valence-corrected chi connectivity index (χ3v) is 17.5. The second-order valence-corrected chi connectivity index (χ2v) is 21.6. The molecule has 20 unspecified atom stereocenters. The Labute approximate surface area is 347 Å². The molecule has 0 aromatic heterocycles. The summed E-state index contributed by atoms with van der Waals surface area (Å²) in [5.74, 6) is -1.87. The molecule has 15 heteroatoms. The second-order valence-electron chi connectivity index (χ2n) is 21.6. The van der Waals surface area contributed by atoms with Crippen molar-refractivity contribution in [2.45, 2.75) is 193 Å². The van der Waals surface area contributed by atoms with Crippen molar-refractivity contribution in [3.63, 3.8) is 0 Å². The summed E-state index contributed by atoms with van der Waals surface area (Å²) in [7, 11) is 0. The van der Waals surface area contributed by atoms with Gasteiger partial charge in [-0.05, 0) is 103 Å². The Morgan fingerprint density at radius 1 is 0.763 bits per heavy atom. The van der Waals surface area contributed by atoms with Crippen LogP contribution in [-0.2, 0) is 33.3 Å². The number of aliphatic carboxylic acids is 1. The van der Waals surface area contributed by atoms with Gasteiger partial charge in [0.2, 0.25) is 0 Å². The van der Waals surface area contributed by atoms with Gasteiger partial charge in [-0.25, -0.2) is 4.79 Å². The van der Waals surface area contributed by atoms with Gasteiger partial charge in [0.1, 0.15) is 42.7 Å². The van der Waals surface area contributed by atoms with E-state index in [0.717, 1.165) is 25.7 Å². The maximum atomic E-state index is 13.1. The number of hydrogen-bond acceptors (Lipinski definition) is 14. The molecule has 2 aliphatic heterocycles. The van der Waals surface area contributed by atoms with Gasteiger partial charge in [-0.15, -0.1) is 0 Å². The smallest absolute Gasteiger partial charge is 0.335 e. The molecular weight excluding hydrogens is 768 g/mol. The minimum atomic E-state index is -1.81. The Morgan fingerprint density at radius 2 is 1.41 bits per heavy atom. The SMILES string of the molecule is CC(=O)OC1CC2(C)C(=CCC3C4(C)CCC(OC5OC(C(=O)O)C(O)C(O)C5O)C(C)(C)C4CCC32C)C2CC(C)(C)CC(O)C12COC1OC(C)C(O)C(O)C1O. The van der Waals surface area contributed by atoms with E-state index in [9.17, 15) is 50.4 Å². The first-order valence-corrected chi connectivity index (χ1v) is 21.7. The number of carboxylic acid groups (broad SMARTS) is 1. The predicted molar refractivity (Wildman–Crippen MR) is 209 cm³/mol. The monoisotopic (exact) mass is 838 g/mol. The third kappa shape index (κ3) is 6.87. The van der Waals surface area contributed by atoms with Crippen LogP contribution in [0.2, 0.25) is 0 Å². The van der Waals surface area contributed by atoms with Gasteiger partial charge in [-0.3, -0.25) is 4.79 Å². The Bertz CT molecular complexity index is 1650. The highest BCUT2D eigenvalue weighted by molar-refractivity contribution is 5.73. The fourth-order valence-electron chi connectivity index (χ4n) is 14.2. The molecule has 20 atom stereocenters. The van der Waals surface area contributed by atoms with Crippen molar-refractivity contribution >= 4 is 11.9 Å². The number of aliphatic hydroxyl groups excluding tert-OH is 7. The van der Waals surface area contributed by atoms with E-state index in [2.05, 4.69) is 54.5 Å².